The van der Waals surface area contributed by atoms with Gasteiger partial charge in [0.05, 0.1) is 6.61 Å². The quantitative estimate of drug-likeness (QED) is 0.347. The molecule has 80 valence electrons. The van der Waals surface area contributed by atoms with Gasteiger partial charge in [0.25, 0.3) is 0 Å². The minimum Gasteiger partial charge on any atom is -0.493 e. The molecule has 0 N–H and O–H groups in total. The molecule has 0 saturated carbocycles. The van der Waals surface area contributed by atoms with E-state index in [1.165, 1.54) is 0 Å². The Labute approximate surface area is 97.0 Å². The fourth-order valence-electron chi connectivity index (χ4n) is 1.09. The number of ether oxygens (including phenoxy) is 1. The molecule has 0 unspecified atom stereocenters. The third-order valence-corrected chi connectivity index (χ3v) is 2.37. The van der Waals surface area contributed by atoms with Crippen LogP contribution in [0.25, 0.3) is 10.4 Å². The Morgan fingerprint density at radius 3 is 3.07 bits per heavy atom. The van der Waals surface area contributed by atoms with E-state index in [2.05, 4.69) is 26.0 Å². The van der Waals surface area contributed by atoms with Crippen LogP contribution >= 0.6 is 15.9 Å². The van der Waals surface area contributed by atoms with Crippen molar-refractivity contribution in [3.8, 4) is 5.75 Å². The highest BCUT2D eigenvalue weighted by Gasteiger charge is 1.99. The number of aryl methyl sites for hydroxylation is 1. The van der Waals surface area contributed by atoms with Crippen molar-refractivity contribution >= 4 is 15.9 Å². The largest absolute Gasteiger partial charge is 0.493 e. The third-order valence-electron chi connectivity index (χ3n) is 1.87. The molecule has 5 heteroatoms. The van der Waals surface area contributed by atoms with Gasteiger partial charge in [-0.25, -0.2) is 0 Å². The Kier molecular flexibility index (Phi) is 5.01. The molecule has 0 amide bonds. The van der Waals surface area contributed by atoms with Crippen LogP contribution in [0.3, 0.4) is 0 Å². The molecule has 0 atom stereocenters. The van der Waals surface area contributed by atoms with Gasteiger partial charge in [-0.15, -0.1) is 0 Å². The van der Waals surface area contributed by atoms with Crippen LogP contribution in [0.1, 0.15) is 12.0 Å². The van der Waals surface area contributed by atoms with E-state index in [9.17, 15) is 0 Å². The van der Waals surface area contributed by atoms with Gasteiger partial charge in [-0.2, -0.15) is 0 Å². The molecular weight excluding hydrogens is 258 g/mol. The second-order valence-corrected chi connectivity index (χ2v) is 3.98. The molecule has 0 bridgehead atoms. The van der Waals surface area contributed by atoms with Crippen LogP contribution in [0, 0.1) is 6.92 Å². The van der Waals surface area contributed by atoms with Crippen LogP contribution in [0.15, 0.2) is 27.8 Å². The highest BCUT2D eigenvalue weighted by molar-refractivity contribution is 9.10. The molecule has 0 radical (unpaired) electrons. The summed E-state index contributed by atoms with van der Waals surface area (Å²) in [6.45, 7) is 3.04. The maximum Gasteiger partial charge on any atom is 0.123 e. The van der Waals surface area contributed by atoms with E-state index in [0.29, 0.717) is 13.2 Å². The number of rotatable bonds is 5. The molecule has 0 saturated heterocycles. The van der Waals surface area contributed by atoms with Gasteiger partial charge in [-0.05, 0) is 36.6 Å². The Hall–Kier alpha value is -1.19. The van der Waals surface area contributed by atoms with Crippen molar-refractivity contribution in [2.75, 3.05) is 13.2 Å². The molecule has 1 aromatic rings. The number of benzene rings is 1. The summed E-state index contributed by atoms with van der Waals surface area (Å²) >= 11 is 3.38. The minimum absolute atomic E-state index is 0.476. The predicted octanol–water partition coefficient (Wildman–Crippen LogP) is 3.84. The molecule has 0 aromatic heterocycles. The van der Waals surface area contributed by atoms with E-state index in [4.69, 9.17) is 10.3 Å². The van der Waals surface area contributed by atoms with Crippen molar-refractivity contribution in [1.29, 1.82) is 0 Å². The lowest BCUT2D eigenvalue weighted by molar-refractivity contribution is 0.311. The maximum absolute atomic E-state index is 8.07. The van der Waals surface area contributed by atoms with Gasteiger partial charge in [-0.3, -0.25) is 0 Å². The van der Waals surface area contributed by atoms with Gasteiger partial charge >= 0.3 is 0 Å². The lowest BCUT2D eigenvalue weighted by Crippen LogP contribution is -2.00. The van der Waals surface area contributed by atoms with Crippen molar-refractivity contribution in [2.45, 2.75) is 13.3 Å². The van der Waals surface area contributed by atoms with E-state index >= 15 is 0 Å². The number of azide groups is 1. The van der Waals surface area contributed by atoms with Gasteiger partial charge in [0.15, 0.2) is 0 Å². The Morgan fingerprint density at radius 1 is 1.53 bits per heavy atom. The summed E-state index contributed by atoms with van der Waals surface area (Å²) < 4.78 is 6.55. The summed E-state index contributed by atoms with van der Waals surface area (Å²) in [5, 5.41) is 3.43. The van der Waals surface area contributed by atoms with Gasteiger partial charge in [0.2, 0.25) is 0 Å². The summed E-state index contributed by atoms with van der Waals surface area (Å²) in [7, 11) is 0. The minimum atomic E-state index is 0.476. The van der Waals surface area contributed by atoms with Crippen molar-refractivity contribution in [2.24, 2.45) is 5.11 Å². The molecule has 1 rings (SSSR count). The van der Waals surface area contributed by atoms with Crippen LogP contribution in [-0.4, -0.2) is 13.2 Å². The van der Waals surface area contributed by atoms with Gasteiger partial charge in [0, 0.05) is 15.9 Å². The molecule has 0 aliphatic rings. The Bertz CT molecular complexity index is 375. The van der Waals surface area contributed by atoms with Crippen LogP contribution in [-0.2, 0) is 0 Å². The fourth-order valence-corrected chi connectivity index (χ4v) is 1.43. The van der Waals surface area contributed by atoms with Crippen molar-refractivity contribution in [3.05, 3.63) is 38.7 Å². The third kappa shape index (κ3) is 4.23. The van der Waals surface area contributed by atoms with E-state index in [1.807, 2.05) is 25.1 Å². The Morgan fingerprint density at radius 2 is 2.33 bits per heavy atom. The first-order chi connectivity index (χ1) is 7.24. The number of hydrogen-bond acceptors (Lipinski definition) is 2. The van der Waals surface area contributed by atoms with E-state index in [-0.39, 0.29) is 0 Å². The highest BCUT2D eigenvalue weighted by Crippen LogP contribution is 2.22. The topological polar surface area (TPSA) is 58.0 Å². The highest BCUT2D eigenvalue weighted by atomic mass is 79.9. The van der Waals surface area contributed by atoms with E-state index in [0.717, 1.165) is 22.2 Å². The van der Waals surface area contributed by atoms with Crippen LogP contribution in [0.4, 0.5) is 0 Å². The van der Waals surface area contributed by atoms with Gasteiger partial charge < -0.3 is 4.74 Å². The molecular formula is C10H12BrN3O. The van der Waals surface area contributed by atoms with Crippen LogP contribution in [0.2, 0.25) is 0 Å². The zero-order chi connectivity index (χ0) is 11.1. The molecule has 4 nitrogen and oxygen atoms in total. The van der Waals surface area contributed by atoms with Crippen LogP contribution < -0.4 is 4.74 Å². The molecule has 1 aromatic carbocycles. The average molecular weight is 270 g/mol. The summed E-state index contributed by atoms with van der Waals surface area (Å²) in [5.74, 6) is 0.866. The fraction of sp³-hybridized carbons (Fsp3) is 0.400. The average Bonchev–Trinajstić information content (AvgIpc) is 2.23. The smallest absolute Gasteiger partial charge is 0.123 e. The normalized spacial score (nSPS) is 9.47. The predicted molar refractivity (Wildman–Crippen MR) is 63.0 cm³/mol. The molecule has 0 aliphatic carbocycles. The second-order valence-electron chi connectivity index (χ2n) is 3.07. The van der Waals surface area contributed by atoms with Crippen molar-refractivity contribution in [3.63, 3.8) is 0 Å². The molecule has 15 heavy (non-hydrogen) atoms. The zero-order valence-electron chi connectivity index (χ0n) is 8.48. The summed E-state index contributed by atoms with van der Waals surface area (Å²) in [5.41, 5.74) is 9.17. The zero-order valence-corrected chi connectivity index (χ0v) is 10.1. The maximum atomic E-state index is 8.07. The lowest BCUT2D eigenvalue weighted by atomic mass is 10.2. The molecule has 0 heterocycles. The summed E-state index contributed by atoms with van der Waals surface area (Å²) in [6.07, 6.45) is 0.732. The van der Waals surface area contributed by atoms with Gasteiger partial charge in [-0.1, -0.05) is 27.1 Å². The van der Waals surface area contributed by atoms with Crippen LogP contribution in [0.5, 0.6) is 5.75 Å². The van der Waals surface area contributed by atoms with E-state index in [1.54, 1.807) is 0 Å². The SMILES string of the molecule is Cc1ccc(Br)cc1OCCCN=[N+]=[N-]. The number of nitrogens with zero attached hydrogens (tertiary/aromatic N) is 3. The first-order valence-corrected chi connectivity index (χ1v) is 5.43. The number of halogens is 1. The first-order valence-electron chi connectivity index (χ1n) is 4.64. The first kappa shape index (κ1) is 11.9. The summed E-state index contributed by atoms with van der Waals surface area (Å²) in [4.78, 5) is 2.67. The van der Waals surface area contributed by atoms with Crippen molar-refractivity contribution < 1.29 is 4.74 Å². The standard InChI is InChI=1S/C10H12BrN3O/c1-8-3-4-9(11)7-10(8)15-6-2-5-13-14-12/h3-4,7H,2,5-6H2,1H3. The summed E-state index contributed by atoms with van der Waals surface area (Å²) in [6, 6.07) is 5.90. The van der Waals surface area contributed by atoms with E-state index < -0.39 is 0 Å². The molecule has 0 fully saturated rings. The van der Waals surface area contributed by atoms with Crippen molar-refractivity contribution in [1.82, 2.24) is 0 Å². The monoisotopic (exact) mass is 269 g/mol. The number of hydrogen-bond donors (Lipinski definition) is 0. The molecule has 0 spiro atoms. The lowest BCUT2D eigenvalue weighted by Gasteiger charge is -2.08. The van der Waals surface area contributed by atoms with Gasteiger partial charge in [0.1, 0.15) is 5.75 Å². The molecule has 0 aliphatic heterocycles. The second kappa shape index (κ2) is 6.32. The Balaban J connectivity index is 2.43.